The summed E-state index contributed by atoms with van der Waals surface area (Å²) in [5.74, 6) is -0.897. The zero-order chi connectivity index (χ0) is 12.0. The van der Waals surface area contributed by atoms with Crippen molar-refractivity contribution in [2.75, 3.05) is 20.3 Å². The van der Waals surface area contributed by atoms with E-state index in [-0.39, 0.29) is 24.5 Å². The van der Waals surface area contributed by atoms with Crippen LogP contribution < -0.4 is 0 Å². The van der Waals surface area contributed by atoms with Gasteiger partial charge >= 0.3 is 5.97 Å². The predicted molar refractivity (Wildman–Crippen MR) is 55.7 cm³/mol. The molecule has 1 aromatic rings. The third kappa shape index (κ3) is 3.06. The minimum atomic E-state index is -0.682. The summed E-state index contributed by atoms with van der Waals surface area (Å²) < 4.78 is 9.52. The van der Waals surface area contributed by atoms with Crippen LogP contribution in [0, 0.1) is 0 Å². The molecule has 5 heteroatoms. The van der Waals surface area contributed by atoms with Crippen molar-refractivity contribution < 1.29 is 24.2 Å². The molecular formula is C11H12O5. The number of carbonyl (C=O) groups excluding carboxylic acids is 2. The maximum Gasteiger partial charge on any atom is 0.342 e. The number of rotatable bonds is 5. The Bertz CT molecular complexity index is 386. The fraction of sp³-hybridized carbons (Fsp3) is 0.273. The van der Waals surface area contributed by atoms with Gasteiger partial charge in [0.15, 0.2) is 0 Å². The van der Waals surface area contributed by atoms with E-state index in [0.717, 1.165) is 0 Å². The van der Waals surface area contributed by atoms with Gasteiger partial charge in [0.1, 0.15) is 24.2 Å². The molecule has 0 spiro atoms. The van der Waals surface area contributed by atoms with E-state index >= 15 is 0 Å². The highest BCUT2D eigenvalue weighted by molar-refractivity contribution is 5.94. The molecule has 5 nitrogen and oxygen atoms in total. The van der Waals surface area contributed by atoms with E-state index in [4.69, 9.17) is 9.47 Å². The van der Waals surface area contributed by atoms with E-state index in [0.29, 0.717) is 11.8 Å². The van der Waals surface area contributed by atoms with Crippen molar-refractivity contribution in [1.29, 1.82) is 0 Å². The lowest BCUT2D eigenvalue weighted by atomic mass is 10.1. The molecule has 1 rings (SSSR count). The predicted octanol–water partition coefficient (Wildman–Crippen LogP) is 1.01. The zero-order valence-corrected chi connectivity index (χ0v) is 8.80. The molecule has 0 aromatic heterocycles. The van der Waals surface area contributed by atoms with Crippen molar-refractivity contribution in [3.8, 4) is 5.75 Å². The van der Waals surface area contributed by atoms with Gasteiger partial charge < -0.3 is 14.6 Å². The quantitative estimate of drug-likeness (QED) is 0.459. The van der Waals surface area contributed by atoms with Crippen molar-refractivity contribution >= 4 is 12.3 Å². The van der Waals surface area contributed by atoms with Crippen LogP contribution in [0.2, 0.25) is 0 Å². The lowest BCUT2D eigenvalue weighted by Crippen LogP contribution is -2.10. The molecule has 0 radical (unpaired) electrons. The van der Waals surface area contributed by atoms with Crippen molar-refractivity contribution in [2.24, 2.45) is 0 Å². The first kappa shape index (κ1) is 12.2. The first-order valence-electron chi connectivity index (χ1n) is 4.63. The Morgan fingerprint density at radius 3 is 2.81 bits per heavy atom. The van der Waals surface area contributed by atoms with Gasteiger partial charge in [-0.3, -0.25) is 4.79 Å². The van der Waals surface area contributed by atoms with Crippen LogP contribution in [0.4, 0.5) is 0 Å². The smallest absolute Gasteiger partial charge is 0.342 e. The van der Waals surface area contributed by atoms with Crippen molar-refractivity contribution in [3.05, 3.63) is 29.3 Å². The van der Waals surface area contributed by atoms with Crippen LogP contribution >= 0.6 is 0 Å². The SMILES string of the molecule is COCCOC(=O)c1cc(C=O)ccc1O. The molecule has 0 heterocycles. The Morgan fingerprint density at radius 1 is 1.44 bits per heavy atom. The fourth-order valence-corrected chi connectivity index (χ4v) is 1.09. The molecule has 86 valence electrons. The van der Waals surface area contributed by atoms with E-state index in [1.165, 1.54) is 25.3 Å². The van der Waals surface area contributed by atoms with Crippen molar-refractivity contribution in [1.82, 2.24) is 0 Å². The van der Waals surface area contributed by atoms with E-state index < -0.39 is 5.97 Å². The number of carbonyl (C=O) groups is 2. The molecule has 0 saturated heterocycles. The third-order valence-electron chi connectivity index (χ3n) is 1.90. The Hall–Kier alpha value is -1.88. The lowest BCUT2D eigenvalue weighted by Gasteiger charge is -2.06. The second kappa shape index (κ2) is 5.87. The summed E-state index contributed by atoms with van der Waals surface area (Å²) in [5.41, 5.74) is 0.275. The van der Waals surface area contributed by atoms with Gasteiger partial charge in [-0.25, -0.2) is 4.79 Å². The van der Waals surface area contributed by atoms with Gasteiger partial charge in [-0.2, -0.15) is 0 Å². The second-order valence-corrected chi connectivity index (χ2v) is 3.02. The molecule has 1 aromatic carbocycles. The Labute approximate surface area is 92.6 Å². The number of esters is 1. The van der Waals surface area contributed by atoms with Gasteiger partial charge in [-0.15, -0.1) is 0 Å². The Balaban J connectivity index is 2.77. The van der Waals surface area contributed by atoms with Gasteiger partial charge in [-0.05, 0) is 18.2 Å². The summed E-state index contributed by atoms with van der Waals surface area (Å²) in [4.78, 5) is 22.0. The second-order valence-electron chi connectivity index (χ2n) is 3.02. The van der Waals surface area contributed by atoms with Gasteiger partial charge in [0, 0.05) is 12.7 Å². The largest absolute Gasteiger partial charge is 0.507 e. The summed E-state index contributed by atoms with van der Waals surface area (Å²) in [5, 5.41) is 9.41. The maximum absolute atomic E-state index is 11.5. The summed E-state index contributed by atoms with van der Waals surface area (Å²) in [7, 11) is 1.48. The van der Waals surface area contributed by atoms with E-state index in [2.05, 4.69) is 0 Å². The van der Waals surface area contributed by atoms with Crippen LogP contribution in [-0.2, 0) is 9.47 Å². The van der Waals surface area contributed by atoms with Crippen LogP contribution in [0.3, 0.4) is 0 Å². The molecule has 0 unspecified atom stereocenters. The van der Waals surface area contributed by atoms with Crippen LogP contribution in [0.1, 0.15) is 20.7 Å². The van der Waals surface area contributed by atoms with Crippen LogP contribution in [0.15, 0.2) is 18.2 Å². The number of hydrogen-bond donors (Lipinski definition) is 1. The van der Waals surface area contributed by atoms with E-state index in [1.54, 1.807) is 0 Å². The minimum Gasteiger partial charge on any atom is -0.507 e. The normalized spacial score (nSPS) is 9.81. The molecule has 1 N–H and O–H groups in total. The number of phenols is 1. The van der Waals surface area contributed by atoms with Gasteiger partial charge in [0.05, 0.1) is 6.61 Å². The lowest BCUT2D eigenvalue weighted by molar-refractivity contribution is 0.0385. The highest BCUT2D eigenvalue weighted by Gasteiger charge is 2.13. The average molecular weight is 224 g/mol. The topological polar surface area (TPSA) is 72.8 Å². The maximum atomic E-state index is 11.5. The number of benzene rings is 1. The molecule has 0 fully saturated rings. The number of phenolic OH excluding ortho intramolecular Hbond substituents is 1. The molecular weight excluding hydrogens is 212 g/mol. The fourth-order valence-electron chi connectivity index (χ4n) is 1.09. The summed E-state index contributed by atoms with van der Waals surface area (Å²) >= 11 is 0. The molecule has 0 aliphatic carbocycles. The Kier molecular flexibility index (Phi) is 4.47. The number of methoxy groups -OCH3 is 1. The molecule has 0 saturated carbocycles. The minimum absolute atomic E-state index is 0.0271. The summed E-state index contributed by atoms with van der Waals surface area (Å²) in [6, 6.07) is 3.96. The van der Waals surface area contributed by atoms with Gasteiger partial charge in [0.25, 0.3) is 0 Å². The van der Waals surface area contributed by atoms with Gasteiger partial charge in [-0.1, -0.05) is 0 Å². The summed E-state index contributed by atoms with van der Waals surface area (Å²) in [6.45, 7) is 0.375. The molecule has 0 atom stereocenters. The van der Waals surface area contributed by atoms with Crippen LogP contribution in [0.5, 0.6) is 5.75 Å². The number of hydrogen-bond acceptors (Lipinski definition) is 5. The number of aldehydes is 1. The molecule has 0 aliphatic heterocycles. The first-order valence-corrected chi connectivity index (χ1v) is 4.63. The van der Waals surface area contributed by atoms with Crippen LogP contribution in [0.25, 0.3) is 0 Å². The number of aromatic hydroxyl groups is 1. The van der Waals surface area contributed by atoms with E-state index in [9.17, 15) is 14.7 Å². The first-order chi connectivity index (χ1) is 7.69. The van der Waals surface area contributed by atoms with E-state index in [1.807, 2.05) is 0 Å². The highest BCUT2D eigenvalue weighted by atomic mass is 16.6. The third-order valence-corrected chi connectivity index (χ3v) is 1.90. The Morgan fingerprint density at radius 2 is 2.19 bits per heavy atom. The van der Waals surface area contributed by atoms with Gasteiger partial charge in [0.2, 0.25) is 0 Å². The van der Waals surface area contributed by atoms with Crippen LogP contribution in [-0.4, -0.2) is 37.7 Å². The summed E-state index contributed by atoms with van der Waals surface area (Å²) in [6.07, 6.45) is 0.589. The molecule has 0 aliphatic rings. The zero-order valence-electron chi connectivity index (χ0n) is 8.80. The van der Waals surface area contributed by atoms with Crippen molar-refractivity contribution in [3.63, 3.8) is 0 Å². The average Bonchev–Trinajstić information content (AvgIpc) is 2.30. The highest BCUT2D eigenvalue weighted by Crippen LogP contribution is 2.18. The molecule has 16 heavy (non-hydrogen) atoms. The monoisotopic (exact) mass is 224 g/mol. The molecule has 0 amide bonds. The number of ether oxygens (including phenoxy) is 2. The standard InChI is InChI=1S/C11H12O5/c1-15-4-5-16-11(14)9-6-8(7-12)2-3-10(9)13/h2-3,6-7,13H,4-5H2,1H3. The molecule has 0 bridgehead atoms. The van der Waals surface area contributed by atoms with Crippen molar-refractivity contribution in [2.45, 2.75) is 0 Å².